The second-order valence-corrected chi connectivity index (χ2v) is 8.79. The molecule has 162 valence electrons. The first kappa shape index (κ1) is 22.2. The van der Waals surface area contributed by atoms with Crippen LogP contribution in [0.3, 0.4) is 0 Å². The summed E-state index contributed by atoms with van der Waals surface area (Å²) >= 11 is 0. The number of benzene rings is 1. The minimum Gasteiger partial charge on any atom is -0.352 e. The van der Waals surface area contributed by atoms with E-state index in [4.69, 9.17) is 0 Å². The van der Waals surface area contributed by atoms with Gasteiger partial charge in [0.1, 0.15) is 5.82 Å². The molecule has 1 fully saturated rings. The van der Waals surface area contributed by atoms with Crippen LogP contribution in [-0.4, -0.2) is 30.2 Å². The number of nitrogens with zero attached hydrogens (tertiary/aromatic N) is 2. The summed E-state index contributed by atoms with van der Waals surface area (Å²) in [6.07, 6.45) is -2.95. The van der Waals surface area contributed by atoms with E-state index in [-0.39, 0.29) is 29.2 Å². The van der Waals surface area contributed by atoms with Crippen LogP contribution >= 0.6 is 0 Å². The molecule has 1 aromatic carbocycles. The molecule has 2 heterocycles. The number of aromatic nitrogens is 1. The van der Waals surface area contributed by atoms with E-state index < -0.39 is 39.5 Å². The average molecular weight is 445 g/mol. The number of sulfonamides is 1. The number of carbonyl (C=O) groups is 1. The zero-order chi connectivity index (χ0) is 22.1. The molecule has 1 aliphatic heterocycles. The van der Waals surface area contributed by atoms with Crippen molar-refractivity contribution in [1.82, 2.24) is 14.6 Å². The van der Waals surface area contributed by atoms with Gasteiger partial charge in [0.05, 0.1) is 22.2 Å². The summed E-state index contributed by atoms with van der Waals surface area (Å²) in [5.74, 6) is -1.09. The Morgan fingerprint density at radius 2 is 1.93 bits per heavy atom. The van der Waals surface area contributed by atoms with E-state index in [0.29, 0.717) is 12.8 Å². The number of halogens is 4. The van der Waals surface area contributed by atoms with E-state index in [1.54, 1.807) is 0 Å². The van der Waals surface area contributed by atoms with Crippen LogP contribution in [0.15, 0.2) is 41.4 Å². The predicted octanol–water partition coefficient (Wildman–Crippen LogP) is 3.40. The maximum atomic E-state index is 13.6. The highest BCUT2D eigenvalue weighted by Gasteiger charge is 2.39. The SMILES string of the molecule is CC(=O)NCc1cnc([C@H]2CCCN2S(=O)(=O)c2ccc(F)cc2)cc1C(F)(F)F. The van der Waals surface area contributed by atoms with Crippen molar-refractivity contribution >= 4 is 15.9 Å². The number of pyridine rings is 1. The van der Waals surface area contributed by atoms with Gasteiger partial charge in [-0.15, -0.1) is 0 Å². The van der Waals surface area contributed by atoms with Gasteiger partial charge in [-0.3, -0.25) is 9.78 Å². The molecule has 0 saturated carbocycles. The van der Waals surface area contributed by atoms with Crippen molar-refractivity contribution < 1.29 is 30.8 Å². The lowest BCUT2D eigenvalue weighted by Gasteiger charge is -2.25. The van der Waals surface area contributed by atoms with Crippen LogP contribution in [0.1, 0.15) is 42.6 Å². The molecular weight excluding hydrogens is 426 g/mol. The molecule has 1 saturated heterocycles. The van der Waals surface area contributed by atoms with Crippen molar-refractivity contribution in [2.24, 2.45) is 0 Å². The molecule has 0 unspecified atom stereocenters. The van der Waals surface area contributed by atoms with Crippen LogP contribution in [0.4, 0.5) is 17.6 Å². The van der Waals surface area contributed by atoms with Gasteiger partial charge in [0.2, 0.25) is 15.9 Å². The predicted molar refractivity (Wildman–Crippen MR) is 99.0 cm³/mol. The number of amides is 1. The fourth-order valence-corrected chi connectivity index (χ4v) is 5.04. The van der Waals surface area contributed by atoms with Crippen molar-refractivity contribution in [3.63, 3.8) is 0 Å². The Bertz CT molecular complexity index is 1040. The van der Waals surface area contributed by atoms with Gasteiger partial charge in [-0.1, -0.05) is 0 Å². The van der Waals surface area contributed by atoms with Crippen molar-refractivity contribution in [3.05, 3.63) is 59.2 Å². The highest BCUT2D eigenvalue weighted by Crippen LogP contribution is 2.39. The monoisotopic (exact) mass is 445 g/mol. The Morgan fingerprint density at radius 3 is 2.53 bits per heavy atom. The van der Waals surface area contributed by atoms with Gasteiger partial charge in [-0.2, -0.15) is 17.5 Å². The van der Waals surface area contributed by atoms with E-state index in [1.807, 2.05) is 0 Å². The fraction of sp³-hybridized carbons (Fsp3) is 0.368. The lowest BCUT2D eigenvalue weighted by molar-refractivity contribution is -0.138. The third-order valence-corrected chi connectivity index (χ3v) is 6.73. The van der Waals surface area contributed by atoms with Crippen LogP contribution in [-0.2, 0) is 27.5 Å². The molecule has 0 spiro atoms. The summed E-state index contributed by atoms with van der Waals surface area (Å²) < 4.78 is 80.9. The number of rotatable bonds is 5. The van der Waals surface area contributed by atoms with Crippen LogP contribution in [0.5, 0.6) is 0 Å². The highest BCUT2D eigenvalue weighted by atomic mass is 32.2. The van der Waals surface area contributed by atoms with Crippen LogP contribution < -0.4 is 5.32 Å². The Morgan fingerprint density at radius 1 is 1.27 bits per heavy atom. The summed E-state index contributed by atoms with van der Waals surface area (Å²) in [7, 11) is -4.04. The van der Waals surface area contributed by atoms with Gasteiger partial charge < -0.3 is 5.32 Å². The van der Waals surface area contributed by atoms with E-state index in [9.17, 15) is 30.8 Å². The van der Waals surface area contributed by atoms with Gasteiger partial charge in [-0.25, -0.2) is 12.8 Å². The largest absolute Gasteiger partial charge is 0.416 e. The molecule has 1 N–H and O–H groups in total. The van der Waals surface area contributed by atoms with Crippen molar-refractivity contribution in [2.45, 2.75) is 43.4 Å². The first-order chi connectivity index (χ1) is 14.0. The second-order valence-electron chi connectivity index (χ2n) is 6.90. The summed E-state index contributed by atoms with van der Waals surface area (Å²) in [6.45, 7) is 0.951. The quantitative estimate of drug-likeness (QED) is 0.716. The second kappa shape index (κ2) is 8.31. The van der Waals surface area contributed by atoms with Crippen LogP contribution in [0.25, 0.3) is 0 Å². The Balaban J connectivity index is 1.97. The van der Waals surface area contributed by atoms with E-state index >= 15 is 0 Å². The molecule has 1 aliphatic rings. The van der Waals surface area contributed by atoms with Gasteiger partial charge in [0.25, 0.3) is 0 Å². The molecule has 6 nitrogen and oxygen atoms in total. The van der Waals surface area contributed by atoms with Crippen molar-refractivity contribution in [3.8, 4) is 0 Å². The minimum absolute atomic E-state index is 0.0305. The molecule has 1 atom stereocenters. The minimum atomic E-state index is -4.70. The Labute approximate surface area is 171 Å². The average Bonchev–Trinajstić information content (AvgIpc) is 3.16. The summed E-state index contributed by atoms with van der Waals surface area (Å²) in [6, 6.07) is 4.20. The molecule has 3 rings (SSSR count). The van der Waals surface area contributed by atoms with E-state index in [0.717, 1.165) is 40.8 Å². The number of carbonyl (C=O) groups excluding carboxylic acids is 1. The van der Waals surface area contributed by atoms with Gasteiger partial charge in [0.15, 0.2) is 0 Å². The lowest BCUT2D eigenvalue weighted by atomic mass is 10.0. The summed E-state index contributed by atoms with van der Waals surface area (Å²) in [5, 5.41) is 2.31. The Kier molecular flexibility index (Phi) is 6.14. The lowest BCUT2D eigenvalue weighted by Crippen LogP contribution is -2.31. The third kappa shape index (κ3) is 4.62. The zero-order valence-electron chi connectivity index (χ0n) is 15.9. The van der Waals surface area contributed by atoms with E-state index in [2.05, 4.69) is 10.3 Å². The molecule has 1 aromatic heterocycles. The molecule has 2 aromatic rings. The highest BCUT2D eigenvalue weighted by molar-refractivity contribution is 7.89. The van der Waals surface area contributed by atoms with Gasteiger partial charge in [0, 0.05) is 31.8 Å². The molecule has 0 radical (unpaired) electrons. The van der Waals surface area contributed by atoms with E-state index in [1.165, 1.54) is 6.92 Å². The van der Waals surface area contributed by atoms with Gasteiger partial charge >= 0.3 is 6.18 Å². The first-order valence-electron chi connectivity index (χ1n) is 9.08. The standard InChI is InChI=1S/C19H19F4N3O3S/c1-12(27)24-10-13-11-25-17(9-16(13)19(21,22)23)18-3-2-8-26(18)30(28,29)15-6-4-14(20)5-7-15/h4-7,9,11,18H,2-3,8,10H2,1H3,(H,24,27)/t18-/m1/s1. The number of alkyl halides is 3. The number of hydrogen-bond donors (Lipinski definition) is 1. The Hall–Kier alpha value is -2.53. The summed E-state index contributed by atoms with van der Waals surface area (Å²) in [4.78, 5) is 15.0. The maximum Gasteiger partial charge on any atom is 0.416 e. The molecule has 0 aliphatic carbocycles. The molecule has 1 amide bonds. The topological polar surface area (TPSA) is 79.4 Å². The molecular formula is C19H19F4N3O3S. The number of hydrogen-bond acceptors (Lipinski definition) is 4. The molecule has 11 heteroatoms. The summed E-state index contributed by atoms with van der Waals surface area (Å²) in [5.41, 5.74) is -1.23. The smallest absolute Gasteiger partial charge is 0.352 e. The van der Waals surface area contributed by atoms with Crippen molar-refractivity contribution in [2.75, 3.05) is 6.54 Å². The zero-order valence-corrected chi connectivity index (χ0v) is 16.7. The van der Waals surface area contributed by atoms with Crippen LogP contribution in [0.2, 0.25) is 0 Å². The number of nitrogens with one attached hydrogen (secondary N) is 1. The first-order valence-corrected chi connectivity index (χ1v) is 10.5. The third-order valence-electron chi connectivity index (χ3n) is 4.81. The molecule has 30 heavy (non-hydrogen) atoms. The van der Waals surface area contributed by atoms with Gasteiger partial charge in [-0.05, 0) is 43.2 Å². The maximum absolute atomic E-state index is 13.6. The van der Waals surface area contributed by atoms with Crippen LogP contribution in [0, 0.1) is 5.82 Å². The normalized spacial score (nSPS) is 17.8. The fourth-order valence-electron chi connectivity index (χ4n) is 3.37. The van der Waals surface area contributed by atoms with Crippen molar-refractivity contribution in [1.29, 1.82) is 0 Å². The molecule has 0 bridgehead atoms.